The maximum atomic E-state index is 14.4. The number of nitrogens with zero attached hydrogens (tertiary/aromatic N) is 4. The number of benzene rings is 4. The van der Waals surface area contributed by atoms with Crippen molar-refractivity contribution in [3.05, 3.63) is 136 Å². The Morgan fingerprint density at radius 1 is 0.805 bits per heavy atom. The van der Waals surface area contributed by atoms with Gasteiger partial charge in [0.25, 0.3) is 5.91 Å². The molecule has 0 radical (unpaired) electrons. The Labute approximate surface area is 239 Å². The highest BCUT2D eigenvalue weighted by Gasteiger charge is 2.24. The minimum atomic E-state index is -0.212. The number of carbonyl (C=O) groups is 1. The highest BCUT2D eigenvalue weighted by atomic mass is 16.5. The molecule has 0 aliphatic carbocycles. The van der Waals surface area contributed by atoms with Gasteiger partial charge in [0.05, 0.1) is 43.2 Å². The first-order valence-electron chi connectivity index (χ1n) is 13.2. The van der Waals surface area contributed by atoms with Crippen LogP contribution in [0.3, 0.4) is 0 Å². The molecule has 0 fully saturated rings. The van der Waals surface area contributed by atoms with Gasteiger partial charge in [0, 0.05) is 36.3 Å². The van der Waals surface area contributed by atoms with Crippen LogP contribution in [0, 0.1) is 11.3 Å². The van der Waals surface area contributed by atoms with Crippen molar-refractivity contribution in [2.24, 2.45) is 0 Å². The number of hydrogen-bond acceptors (Lipinski definition) is 4. The Kier molecular flexibility index (Phi) is 7.84. The van der Waals surface area contributed by atoms with Crippen molar-refractivity contribution >= 4 is 5.91 Å². The van der Waals surface area contributed by atoms with Gasteiger partial charge in [-0.2, -0.15) is 5.26 Å². The second-order valence-corrected chi connectivity index (χ2v) is 9.92. The molecule has 1 aromatic heterocycles. The van der Waals surface area contributed by atoms with E-state index in [0.29, 0.717) is 16.9 Å². The standard InChI is InChI=1S/C34H30N4O3/c1-36(2)33(39)28-16-10-11-25(20-28)22-37-31(26-12-6-4-7-13-26)32(27-14-8-5-9-15-27)38(34(37)40)23-29-19-24(21-35)17-18-30(29)41-3/h4-20H,22-23H2,1-3H3. The zero-order valence-corrected chi connectivity index (χ0v) is 23.2. The zero-order valence-electron chi connectivity index (χ0n) is 23.2. The molecule has 0 unspecified atom stereocenters. The zero-order chi connectivity index (χ0) is 28.9. The summed E-state index contributed by atoms with van der Waals surface area (Å²) in [7, 11) is 5.01. The first kappa shape index (κ1) is 27.2. The van der Waals surface area contributed by atoms with E-state index in [2.05, 4.69) is 6.07 Å². The van der Waals surface area contributed by atoms with E-state index in [-0.39, 0.29) is 24.7 Å². The number of nitriles is 1. The van der Waals surface area contributed by atoms with E-state index in [4.69, 9.17) is 4.74 Å². The third-order valence-electron chi connectivity index (χ3n) is 6.98. The van der Waals surface area contributed by atoms with E-state index < -0.39 is 0 Å². The van der Waals surface area contributed by atoms with Gasteiger partial charge in [-0.05, 0) is 35.9 Å². The molecule has 1 amide bonds. The summed E-state index contributed by atoms with van der Waals surface area (Å²) in [4.78, 5) is 28.6. The Morgan fingerprint density at radius 2 is 1.41 bits per heavy atom. The second-order valence-electron chi connectivity index (χ2n) is 9.92. The molecule has 204 valence electrons. The molecule has 4 aromatic carbocycles. The van der Waals surface area contributed by atoms with Gasteiger partial charge in [0.1, 0.15) is 5.75 Å². The van der Waals surface area contributed by atoms with Gasteiger partial charge in [0.15, 0.2) is 0 Å². The van der Waals surface area contributed by atoms with Crippen molar-refractivity contribution in [3.63, 3.8) is 0 Å². The Morgan fingerprint density at radius 3 is 1.98 bits per heavy atom. The van der Waals surface area contributed by atoms with Crippen LogP contribution in [-0.4, -0.2) is 41.1 Å². The molecule has 0 bridgehead atoms. The lowest BCUT2D eigenvalue weighted by atomic mass is 10.0. The number of methoxy groups -OCH3 is 1. The number of rotatable bonds is 8. The van der Waals surface area contributed by atoms with Crippen LogP contribution >= 0.6 is 0 Å². The summed E-state index contributed by atoms with van der Waals surface area (Å²) in [5.41, 5.74) is 5.68. The fraction of sp³-hybridized carbons (Fsp3) is 0.147. The number of imidazole rings is 1. The van der Waals surface area contributed by atoms with Gasteiger partial charge < -0.3 is 9.64 Å². The molecule has 0 aliphatic rings. The molecule has 0 saturated carbocycles. The van der Waals surface area contributed by atoms with Crippen molar-refractivity contribution in [1.29, 1.82) is 5.26 Å². The van der Waals surface area contributed by atoms with E-state index in [1.807, 2.05) is 78.9 Å². The summed E-state index contributed by atoms with van der Waals surface area (Å²) in [6.07, 6.45) is 0. The van der Waals surface area contributed by atoms with Crippen LogP contribution in [0.4, 0.5) is 0 Å². The minimum Gasteiger partial charge on any atom is -0.496 e. The van der Waals surface area contributed by atoms with Gasteiger partial charge in [0.2, 0.25) is 0 Å². The average Bonchev–Trinajstić information content (AvgIpc) is 3.28. The van der Waals surface area contributed by atoms with Crippen LogP contribution < -0.4 is 10.4 Å². The summed E-state index contributed by atoms with van der Waals surface area (Å²) in [5.74, 6) is 0.494. The molecule has 0 atom stereocenters. The normalized spacial score (nSPS) is 10.7. The summed E-state index contributed by atoms with van der Waals surface area (Å²) >= 11 is 0. The van der Waals surface area contributed by atoms with Gasteiger partial charge in [-0.25, -0.2) is 4.79 Å². The van der Waals surface area contributed by atoms with Gasteiger partial charge in [-0.15, -0.1) is 0 Å². The van der Waals surface area contributed by atoms with E-state index in [9.17, 15) is 14.9 Å². The monoisotopic (exact) mass is 542 g/mol. The largest absolute Gasteiger partial charge is 0.496 e. The maximum Gasteiger partial charge on any atom is 0.329 e. The minimum absolute atomic E-state index is 0.102. The fourth-order valence-corrected chi connectivity index (χ4v) is 5.05. The fourth-order valence-electron chi connectivity index (χ4n) is 5.05. The van der Waals surface area contributed by atoms with Crippen LogP contribution in [0.2, 0.25) is 0 Å². The Hall–Kier alpha value is -5.35. The third-order valence-corrected chi connectivity index (χ3v) is 6.98. The number of hydrogen-bond donors (Lipinski definition) is 0. The summed E-state index contributed by atoms with van der Waals surface area (Å²) in [5, 5.41) is 9.55. The van der Waals surface area contributed by atoms with E-state index in [1.54, 1.807) is 54.6 Å². The molecule has 0 saturated heterocycles. The summed E-state index contributed by atoms with van der Waals surface area (Å²) in [6.45, 7) is 0.466. The number of amides is 1. The molecule has 5 aromatic rings. The van der Waals surface area contributed by atoms with E-state index >= 15 is 0 Å². The van der Waals surface area contributed by atoms with Crippen molar-refractivity contribution in [3.8, 4) is 34.3 Å². The number of aromatic nitrogens is 2. The molecule has 5 rings (SSSR count). The van der Waals surface area contributed by atoms with Gasteiger partial charge in [-0.1, -0.05) is 72.8 Å². The topological polar surface area (TPSA) is 80.3 Å². The maximum absolute atomic E-state index is 14.4. The molecule has 0 spiro atoms. The van der Waals surface area contributed by atoms with Crippen LogP contribution in [0.15, 0.2) is 108 Å². The summed E-state index contributed by atoms with van der Waals surface area (Å²) < 4.78 is 9.11. The second kappa shape index (κ2) is 11.8. The first-order valence-corrected chi connectivity index (χ1v) is 13.2. The predicted molar refractivity (Wildman–Crippen MR) is 160 cm³/mol. The number of ether oxygens (including phenoxy) is 1. The summed E-state index contributed by atoms with van der Waals surface area (Å²) in [6, 6.07) is 34.4. The van der Waals surface area contributed by atoms with Crippen molar-refractivity contribution in [2.45, 2.75) is 13.1 Å². The molecule has 1 heterocycles. The smallest absolute Gasteiger partial charge is 0.329 e. The molecule has 41 heavy (non-hydrogen) atoms. The van der Waals surface area contributed by atoms with Crippen LogP contribution in [0.25, 0.3) is 22.5 Å². The van der Waals surface area contributed by atoms with E-state index in [1.165, 1.54) is 4.90 Å². The molecule has 0 N–H and O–H groups in total. The first-order chi connectivity index (χ1) is 19.9. The Bertz CT molecular complexity index is 1800. The van der Waals surface area contributed by atoms with Crippen molar-refractivity contribution in [1.82, 2.24) is 14.0 Å². The molecular weight excluding hydrogens is 512 g/mol. The lowest BCUT2D eigenvalue weighted by molar-refractivity contribution is 0.0827. The van der Waals surface area contributed by atoms with Crippen molar-refractivity contribution in [2.75, 3.05) is 21.2 Å². The SMILES string of the molecule is COc1ccc(C#N)cc1Cn1c(-c2ccccc2)c(-c2ccccc2)n(Cc2cccc(C(=O)N(C)C)c2)c1=O. The average molecular weight is 543 g/mol. The molecule has 7 nitrogen and oxygen atoms in total. The van der Waals surface area contributed by atoms with Crippen LogP contribution in [-0.2, 0) is 13.1 Å². The quantitative estimate of drug-likeness (QED) is 0.253. The highest BCUT2D eigenvalue weighted by molar-refractivity contribution is 5.94. The lowest BCUT2D eigenvalue weighted by Gasteiger charge is -2.14. The van der Waals surface area contributed by atoms with Crippen molar-refractivity contribution < 1.29 is 9.53 Å². The molecular formula is C34H30N4O3. The van der Waals surface area contributed by atoms with E-state index in [0.717, 1.165) is 33.6 Å². The van der Waals surface area contributed by atoms with Crippen LogP contribution in [0.1, 0.15) is 27.0 Å². The lowest BCUT2D eigenvalue weighted by Crippen LogP contribution is -2.26. The Balaban J connectivity index is 1.76. The van der Waals surface area contributed by atoms with Crippen LogP contribution in [0.5, 0.6) is 5.75 Å². The molecule has 0 aliphatic heterocycles. The predicted octanol–water partition coefficient (Wildman–Crippen LogP) is 5.66. The molecule has 7 heteroatoms. The number of carbonyl (C=O) groups excluding carboxylic acids is 1. The van der Waals surface area contributed by atoms with Gasteiger partial charge >= 0.3 is 5.69 Å². The highest BCUT2D eigenvalue weighted by Crippen LogP contribution is 2.33. The van der Waals surface area contributed by atoms with Gasteiger partial charge in [-0.3, -0.25) is 13.9 Å². The third kappa shape index (κ3) is 5.54.